The number of methoxy groups -OCH3 is 1. The van der Waals surface area contributed by atoms with Gasteiger partial charge in [-0.1, -0.05) is 42.5 Å². The smallest absolute Gasteiger partial charge is 0.273 e. The molecule has 3 atom stereocenters. The Kier molecular flexibility index (Phi) is 4.70. The zero-order valence-electron chi connectivity index (χ0n) is 17.1. The number of hydrogen-bond acceptors (Lipinski definition) is 4. The molecule has 0 unspecified atom stereocenters. The predicted octanol–water partition coefficient (Wildman–Crippen LogP) is 3.84. The minimum Gasteiger partial charge on any atom is -0.496 e. The molecule has 30 heavy (non-hydrogen) atoms. The number of para-hydroxylation sites is 1. The molecule has 2 bridgehead atoms. The van der Waals surface area contributed by atoms with Crippen LogP contribution >= 0.6 is 0 Å². The highest BCUT2D eigenvalue weighted by molar-refractivity contribution is 5.97. The van der Waals surface area contributed by atoms with Gasteiger partial charge in [0.1, 0.15) is 11.4 Å². The van der Waals surface area contributed by atoms with E-state index < -0.39 is 0 Å². The van der Waals surface area contributed by atoms with Crippen LogP contribution in [0, 0.1) is 5.41 Å². The molecular weight excluding hydrogens is 376 g/mol. The van der Waals surface area contributed by atoms with Crippen LogP contribution in [0.3, 0.4) is 0 Å². The quantitative estimate of drug-likeness (QED) is 0.704. The number of benzene rings is 2. The van der Waals surface area contributed by atoms with Crippen molar-refractivity contribution in [2.45, 2.75) is 37.8 Å². The standard InChI is InChI=1S/C25H26N2O3/c1-30-22-13-21(26-20-10-6-5-9-19(20)22)24(29)27-18-11-12-23(27)25(15-18,16-28)14-17-7-3-2-4-8-17/h2-10,13,18,23,28H,11-12,14-16H2,1H3/t18-,23+,25-/m0/s1. The summed E-state index contributed by atoms with van der Waals surface area (Å²) in [5.41, 5.74) is 2.08. The number of hydrogen-bond donors (Lipinski definition) is 1. The number of fused-ring (bicyclic) bond motifs is 3. The molecule has 154 valence electrons. The summed E-state index contributed by atoms with van der Waals surface area (Å²) in [6, 6.07) is 19.9. The average molecular weight is 402 g/mol. The number of aliphatic hydroxyl groups excluding tert-OH is 1. The van der Waals surface area contributed by atoms with E-state index in [1.54, 1.807) is 13.2 Å². The first kappa shape index (κ1) is 19.1. The van der Waals surface area contributed by atoms with Gasteiger partial charge < -0.3 is 14.7 Å². The van der Waals surface area contributed by atoms with Gasteiger partial charge in [-0.05, 0) is 43.4 Å². The number of carbonyl (C=O) groups excluding carboxylic acids is 1. The van der Waals surface area contributed by atoms with Crippen LogP contribution in [0.5, 0.6) is 5.75 Å². The van der Waals surface area contributed by atoms with Crippen LogP contribution in [-0.2, 0) is 6.42 Å². The maximum atomic E-state index is 13.6. The summed E-state index contributed by atoms with van der Waals surface area (Å²) in [5, 5.41) is 11.3. The second kappa shape index (κ2) is 7.40. The SMILES string of the molecule is COc1cc(C(=O)N2[C@H]3CC[C@@H]2[C@@](CO)(Cc2ccccc2)C3)nc2ccccc12. The molecule has 3 aromatic rings. The summed E-state index contributed by atoms with van der Waals surface area (Å²) in [5.74, 6) is 0.600. The molecule has 2 aromatic carbocycles. The first-order valence-corrected chi connectivity index (χ1v) is 10.6. The Bertz CT molecular complexity index is 1080. The maximum Gasteiger partial charge on any atom is 0.273 e. The Balaban J connectivity index is 1.49. The normalized spacial score (nSPS) is 25.1. The highest BCUT2D eigenvalue weighted by Gasteiger charge is 2.57. The topological polar surface area (TPSA) is 62.7 Å². The van der Waals surface area contributed by atoms with Gasteiger partial charge >= 0.3 is 0 Å². The lowest BCUT2D eigenvalue weighted by Gasteiger charge is -2.36. The van der Waals surface area contributed by atoms with Crippen LogP contribution in [0.15, 0.2) is 60.7 Å². The number of nitrogens with zero attached hydrogens (tertiary/aromatic N) is 2. The average Bonchev–Trinajstić information content (AvgIpc) is 3.34. The molecule has 5 heteroatoms. The Morgan fingerprint density at radius 3 is 2.70 bits per heavy atom. The first-order chi connectivity index (χ1) is 14.6. The van der Waals surface area contributed by atoms with E-state index in [1.165, 1.54) is 5.56 Å². The van der Waals surface area contributed by atoms with Crippen molar-refractivity contribution in [1.29, 1.82) is 0 Å². The van der Waals surface area contributed by atoms with Gasteiger partial charge in [-0.3, -0.25) is 4.79 Å². The molecule has 1 amide bonds. The molecule has 0 spiro atoms. The fourth-order valence-electron chi connectivity index (χ4n) is 5.57. The van der Waals surface area contributed by atoms with Gasteiger partial charge in [-0.15, -0.1) is 0 Å². The number of rotatable bonds is 5. The van der Waals surface area contributed by atoms with Crippen molar-refractivity contribution in [3.63, 3.8) is 0 Å². The Labute approximate surface area is 176 Å². The van der Waals surface area contributed by atoms with Crippen LogP contribution in [0.2, 0.25) is 0 Å². The molecule has 0 saturated carbocycles. The van der Waals surface area contributed by atoms with Gasteiger partial charge in [0.05, 0.1) is 19.2 Å². The molecule has 2 fully saturated rings. The van der Waals surface area contributed by atoms with Crippen LogP contribution in [0.25, 0.3) is 10.9 Å². The number of aliphatic hydroxyl groups is 1. The second-order valence-corrected chi connectivity index (χ2v) is 8.57. The van der Waals surface area contributed by atoms with Crippen LogP contribution < -0.4 is 4.74 Å². The Morgan fingerprint density at radius 2 is 1.93 bits per heavy atom. The van der Waals surface area contributed by atoms with Crippen molar-refractivity contribution < 1.29 is 14.6 Å². The molecule has 1 aromatic heterocycles. The summed E-state index contributed by atoms with van der Waals surface area (Å²) in [6.45, 7) is 0.0846. The monoisotopic (exact) mass is 402 g/mol. The number of aromatic nitrogens is 1. The van der Waals surface area contributed by atoms with Crippen molar-refractivity contribution in [2.24, 2.45) is 5.41 Å². The molecule has 5 nitrogen and oxygen atoms in total. The third-order valence-electron chi connectivity index (χ3n) is 6.92. The summed E-state index contributed by atoms with van der Waals surface area (Å²) in [7, 11) is 1.62. The lowest BCUT2D eigenvalue weighted by Crippen LogP contribution is -2.44. The molecule has 1 N–H and O–H groups in total. The van der Waals surface area contributed by atoms with Gasteiger partial charge in [-0.25, -0.2) is 4.98 Å². The van der Waals surface area contributed by atoms with Crippen LogP contribution in [0.4, 0.5) is 0 Å². The summed E-state index contributed by atoms with van der Waals surface area (Å²) >= 11 is 0. The summed E-state index contributed by atoms with van der Waals surface area (Å²) in [4.78, 5) is 20.2. The van der Waals surface area contributed by atoms with Crippen molar-refractivity contribution in [3.05, 3.63) is 71.9 Å². The number of amides is 1. The number of ether oxygens (including phenoxy) is 1. The highest BCUT2D eigenvalue weighted by atomic mass is 16.5. The van der Waals surface area contributed by atoms with E-state index in [0.717, 1.165) is 36.6 Å². The van der Waals surface area contributed by atoms with E-state index in [1.807, 2.05) is 47.4 Å². The lowest BCUT2D eigenvalue weighted by atomic mass is 9.70. The van der Waals surface area contributed by atoms with Crippen molar-refractivity contribution in [3.8, 4) is 5.75 Å². The van der Waals surface area contributed by atoms with E-state index in [4.69, 9.17) is 4.74 Å². The third kappa shape index (κ3) is 2.96. The molecule has 2 aliphatic rings. The van der Waals surface area contributed by atoms with Crippen LogP contribution in [-0.4, -0.2) is 46.7 Å². The minimum absolute atomic E-state index is 0.0273. The van der Waals surface area contributed by atoms with E-state index >= 15 is 0 Å². The van der Waals surface area contributed by atoms with Crippen LogP contribution in [0.1, 0.15) is 35.3 Å². The van der Waals surface area contributed by atoms with Gasteiger partial charge in [0.2, 0.25) is 0 Å². The maximum absolute atomic E-state index is 13.6. The Hall–Kier alpha value is -2.92. The second-order valence-electron chi connectivity index (χ2n) is 8.57. The predicted molar refractivity (Wildman–Crippen MR) is 116 cm³/mol. The fourth-order valence-corrected chi connectivity index (χ4v) is 5.57. The van der Waals surface area contributed by atoms with E-state index in [2.05, 4.69) is 17.1 Å². The molecule has 0 aliphatic carbocycles. The number of pyridine rings is 1. The van der Waals surface area contributed by atoms with E-state index in [9.17, 15) is 9.90 Å². The third-order valence-corrected chi connectivity index (χ3v) is 6.92. The molecule has 0 radical (unpaired) electrons. The van der Waals surface area contributed by atoms with Gasteiger partial charge in [0.15, 0.2) is 0 Å². The van der Waals surface area contributed by atoms with E-state index in [0.29, 0.717) is 11.4 Å². The van der Waals surface area contributed by atoms with Crippen molar-refractivity contribution >= 4 is 16.8 Å². The fraction of sp³-hybridized carbons (Fsp3) is 0.360. The lowest BCUT2D eigenvalue weighted by molar-refractivity contribution is 0.0566. The van der Waals surface area contributed by atoms with Crippen molar-refractivity contribution in [2.75, 3.05) is 13.7 Å². The van der Waals surface area contributed by atoms with Crippen molar-refractivity contribution in [1.82, 2.24) is 9.88 Å². The molecule has 2 aliphatic heterocycles. The highest BCUT2D eigenvalue weighted by Crippen LogP contribution is 2.51. The zero-order chi connectivity index (χ0) is 20.7. The van der Waals surface area contributed by atoms with Gasteiger partial charge in [0.25, 0.3) is 5.91 Å². The van der Waals surface area contributed by atoms with Gasteiger partial charge in [0, 0.05) is 29.0 Å². The first-order valence-electron chi connectivity index (χ1n) is 10.6. The minimum atomic E-state index is -0.291. The summed E-state index contributed by atoms with van der Waals surface area (Å²) < 4.78 is 5.54. The zero-order valence-corrected chi connectivity index (χ0v) is 17.1. The summed E-state index contributed by atoms with van der Waals surface area (Å²) in [6.07, 6.45) is 3.52. The molecule has 3 heterocycles. The van der Waals surface area contributed by atoms with E-state index in [-0.39, 0.29) is 30.0 Å². The Morgan fingerprint density at radius 1 is 1.17 bits per heavy atom. The van der Waals surface area contributed by atoms with Gasteiger partial charge in [-0.2, -0.15) is 0 Å². The number of carbonyl (C=O) groups is 1. The molecule has 2 saturated heterocycles. The molecule has 5 rings (SSSR count). The molecular formula is C25H26N2O3. The largest absolute Gasteiger partial charge is 0.496 e.